The summed E-state index contributed by atoms with van der Waals surface area (Å²) in [4.78, 5) is 24.2. The highest BCUT2D eigenvalue weighted by molar-refractivity contribution is 7.99. The Balaban J connectivity index is 1.73. The predicted octanol–water partition coefficient (Wildman–Crippen LogP) is 5.94. The van der Waals surface area contributed by atoms with Gasteiger partial charge in [0.05, 0.1) is 11.1 Å². The molecule has 2 rings (SSSR count). The molecule has 5 heteroatoms. The predicted molar refractivity (Wildman–Crippen MR) is 118 cm³/mol. The molecule has 0 bridgehead atoms. The molecule has 4 nitrogen and oxygen atoms in total. The lowest BCUT2D eigenvalue weighted by molar-refractivity contribution is 0.0565. The molecule has 0 spiro atoms. The van der Waals surface area contributed by atoms with Crippen LogP contribution in [0.25, 0.3) is 0 Å². The fourth-order valence-electron chi connectivity index (χ4n) is 2.60. The molecule has 0 heterocycles. The maximum atomic E-state index is 12.1. The highest BCUT2D eigenvalue weighted by Crippen LogP contribution is 2.23. The molecule has 0 N–H and O–H groups in total. The third kappa shape index (κ3) is 6.93. The van der Waals surface area contributed by atoms with E-state index in [0.717, 1.165) is 11.1 Å². The third-order valence-electron chi connectivity index (χ3n) is 4.52. The van der Waals surface area contributed by atoms with Gasteiger partial charge >= 0.3 is 11.9 Å². The van der Waals surface area contributed by atoms with E-state index in [4.69, 9.17) is 9.47 Å². The Kier molecular flexibility index (Phi) is 7.53. The van der Waals surface area contributed by atoms with Gasteiger partial charge in [-0.2, -0.15) is 0 Å². The zero-order chi connectivity index (χ0) is 21.7. The maximum absolute atomic E-state index is 12.1. The SMILES string of the molecule is CC(C)(C)c1ccc(C(=O)OCSCOC(=O)c2ccc(C(C)(C)C)cc2)cc1. The van der Waals surface area contributed by atoms with Crippen LogP contribution in [0.3, 0.4) is 0 Å². The van der Waals surface area contributed by atoms with Gasteiger partial charge in [-0.3, -0.25) is 0 Å². The Bertz CT molecular complexity index is 754. The van der Waals surface area contributed by atoms with Crippen molar-refractivity contribution in [1.82, 2.24) is 0 Å². The fraction of sp³-hybridized carbons (Fsp3) is 0.417. The molecule has 0 aliphatic carbocycles. The molecule has 0 aliphatic heterocycles. The van der Waals surface area contributed by atoms with Crippen molar-refractivity contribution in [3.05, 3.63) is 70.8 Å². The minimum absolute atomic E-state index is 0.0369. The summed E-state index contributed by atoms with van der Waals surface area (Å²) < 4.78 is 10.5. The number of thioether (sulfide) groups is 1. The monoisotopic (exact) mass is 414 g/mol. The van der Waals surface area contributed by atoms with Crippen LogP contribution in [-0.4, -0.2) is 23.8 Å². The van der Waals surface area contributed by atoms with Gasteiger partial charge in [0.25, 0.3) is 0 Å². The second kappa shape index (κ2) is 9.49. The molecule has 0 saturated heterocycles. The summed E-state index contributed by atoms with van der Waals surface area (Å²) in [6, 6.07) is 14.9. The molecule has 0 atom stereocenters. The molecule has 0 amide bonds. The molecule has 156 valence electrons. The highest BCUT2D eigenvalue weighted by atomic mass is 32.2. The van der Waals surface area contributed by atoms with E-state index in [-0.39, 0.29) is 34.6 Å². The summed E-state index contributed by atoms with van der Waals surface area (Å²) in [5.74, 6) is -0.532. The number of ether oxygens (including phenoxy) is 2. The van der Waals surface area contributed by atoms with Gasteiger partial charge in [-0.1, -0.05) is 77.6 Å². The number of rotatable bonds is 6. The first kappa shape index (κ1) is 23.0. The van der Waals surface area contributed by atoms with Crippen molar-refractivity contribution in [3.8, 4) is 0 Å². The summed E-state index contributed by atoms with van der Waals surface area (Å²) in [6.45, 7) is 12.7. The Morgan fingerprint density at radius 1 is 0.655 bits per heavy atom. The van der Waals surface area contributed by atoms with Crippen molar-refractivity contribution >= 4 is 23.7 Å². The van der Waals surface area contributed by atoms with E-state index in [1.54, 1.807) is 24.3 Å². The van der Waals surface area contributed by atoms with Gasteiger partial charge in [0, 0.05) is 0 Å². The number of carbonyl (C=O) groups excluding carboxylic acids is 2. The highest BCUT2D eigenvalue weighted by Gasteiger charge is 2.16. The summed E-state index contributed by atoms with van der Waals surface area (Å²) in [5.41, 5.74) is 3.41. The van der Waals surface area contributed by atoms with Crippen molar-refractivity contribution in [2.24, 2.45) is 0 Å². The molecular formula is C24H30O4S. The van der Waals surface area contributed by atoms with Gasteiger partial charge < -0.3 is 9.47 Å². The molecule has 0 aromatic heterocycles. The van der Waals surface area contributed by atoms with Crippen LogP contribution in [0.4, 0.5) is 0 Å². The van der Waals surface area contributed by atoms with Crippen molar-refractivity contribution in [2.45, 2.75) is 52.4 Å². The van der Waals surface area contributed by atoms with Crippen LogP contribution in [0.1, 0.15) is 73.4 Å². The van der Waals surface area contributed by atoms with Crippen LogP contribution in [0.5, 0.6) is 0 Å². The number of esters is 2. The van der Waals surface area contributed by atoms with Crippen molar-refractivity contribution in [2.75, 3.05) is 11.9 Å². The van der Waals surface area contributed by atoms with Crippen molar-refractivity contribution in [3.63, 3.8) is 0 Å². The third-order valence-corrected chi connectivity index (χ3v) is 5.09. The molecule has 0 radical (unpaired) electrons. The van der Waals surface area contributed by atoms with E-state index < -0.39 is 0 Å². The molecule has 2 aromatic rings. The first-order valence-electron chi connectivity index (χ1n) is 9.61. The van der Waals surface area contributed by atoms with Gasteiger partial charge in [-0.05, 0) is 46.2 Å². The Hall–Kier alpha value is -2.27. The standard InChI is InChI=1S/C24H30O4S/c1-23(2,3)19-11-7-17(8-12-19)21(25)27-15-29-16-28-22(26)18-9-13-20(14-10-18)24(4,5)6/h7-14H,15-16H2,1-6H3. The average Bonchev–Trinajstić information content (AvgIpc) is 2.66. The van der Waals surface area contributed by atoms with Gasteiger partial charge in [-0.15, -0.1) is 0 Å². The Morgan fingerprint density at radius 3 is 1.24 bits per heavy atom. The summed E-state index contributed by atoms with van der Waals surface area (Å²) >= 11 is 1.23. The Morgan fingerprint density at radius 2 is 0.966 bits per heavy atom. The smallest absolute Gasteiger partial charge is 0.338 e. The van der Waals surface area contributed by atoms with E-state index in [2.05, 4.69) is 41.5 Å². The van der Waals surface area contributed by atoms with Crippen molar-refractivity contribution < 1.29 is 19.1 Å². The van der Waals surface area contributed by atoms with Crippen LogP contribution < -0.4 is 0 Å². The normalized spacial score (nSPS) is 11.8. The van der Waals surface area contributed by atoms with E-state index in [0.29, 0.717) is 11.1 Å². The van der Waals surface area contributed by atoms with Gasteiger partial charge in [0.1, 0.15) is 11.9 Å². The number of hydrogen-bond donors (Lipinski definition) is 0. The second-order valence-corrected chi connectivity index (χ2v) is 9.84. The fourth-order valence-corrected chi connectivity index (χ4v) is 3.05. The van der Waals surface area contributed by atoms with Gasteiger partial charge in [0.15, 0.2) is 0 Å². The number of carbonyl (C=O) groups is 2. The Labute approximate surface area is 178 Å². The van der Waals surface area contributed by atoms with Crippen LogP contribution in [-0.2, 0) is 20.3 Å². The van der Waals surface area contributed by atoms with E-state index in [9.17, 15) is 9.59 Å². The average molecular weight is 415 g/mol. The lowest BCUT2D eigenvalue weighted by Gasteiger charge is -2.19. The van der Waals surface area contributed by atoms with Crippen LogP contribution in [0, 0.1) is 0 Å². The zero-order valence-electron chi connectivity index (χ0n) is 18.1. The largest absolute Gasteiger partial charge is 0.451 e. The van der Waals surface area contributed by atoms with Crippen molar-refractivity contribution in [1.29, 1.82) is 0 Å². The maximum Gasteiger partial charge on any atom is 0.338 e. The molecule has 0 fully saturated rings. The molecule has 0 unspecified atom stereocenters. The molecular weight excluding hydrogens is 384 g/mol. The molecule has 0 aliphatic rings. The quantitative estimate of drug-likeness (QED) is 0.332. The lowest BCUT2D eigenvalue weighted by atomic mass is 9.87. The van der Waals surface area contributed by atoms with Crippen LogP contribution in [0.15, 0.2) is 48.5 Å². The van der Waals surface area contributed by atoms with E-state index >= 15 is 0 Å². The summed E-state index contributed by atoms with van der Waals surface area (Å²) in [5, 5.41) is 0. The lowest BCUT2D eigenvalue weighted by Crippen LogP contribution is -2.12. The zero-order valence-corrected chi connectivity index (χ0v) is 18.9. The summed E-state index contributed by atoms with van der Waals surface area (Å²) in [6.07, 6.45) is 0. The van der Waals surface area contributed by atoms with Gasteiger partial charge in [-0.25, -0.2) is 9.59 Å². The number of hydrogen-bond acceptors (Lipinski definition) is 5. The minimum Gasteiger partial charge on any atom is -0.451 e. The first-order chi connectivity index (χ1) is 13.5. The van der Waals surface area contributed by atoms with Gasteiger partial charge in [0.2, 0.25) is 0 Å². The molecule has 2 aromatic carbocycles. The minimum atomic E-state index is -0.387. The molecule has 29 heavy (non-hydrogen) atoms. The topological polar surface area (TPSA) is 52.6 Å². The van der Waals surface area contributed by atoms with E-state index in [1.165, 1.54) is 11.8 Å². The second-order valence-electron chi connectivity index (χ2n) is 8.96. The van der Waals surface area contributed by atoms with E-state index in [1.807, 2.05) is 24.3 Å². The summed E-state index contributed by atoms with van der Waals surface area (Å²) in [7, 11) is 0. The first-order valence-corrected chi connectivity index (χ1v) is 10.8. The van der Waals surface area contributed by atoms with Crippen LogP contribution >= 0.6 is 11.8 Å². The number of benzene rings is 2. The molecule has 0 saturated carbocycles. The van der Waals surface area contributed by atoms with Crippen LogP contribution in [0.2, 0.25) is 0 Å².